The SMILES string of the molecule is CN(C)c1ccc(C(=O)c2[nH]c3cccc(Cl)c3c2-c2ccccc2)cc1. The average molecular weight is 375 g/mol. The van der Waals surface area contributed by atoms with Gasteiger partial charge in [0.25, 0.3) is 0 Å². The third kappa shape index (κ3) is 3.11. The monoisotopic (exact) mass is 374 g/mol. The second-order valence-corrected chi connectivity index (χ2v) is 7.08. The first kappa shape index (κ1) is 17.4. The van der Waals surface area contributed by atoms with Crippen LogP contribution in [0.2, 0.25) is 5.02 Å². The molecular weight excluding hydrogens is 356 g/mol. The van der Waals surface area contributed by atoms with Crippen LogP contribution in [0.3, 0.4) is 0 Å². The number of hydrogen-bond donors (Lipinski definition) is 1. The number of aromatic nitrogens is 1. The lowest BCUT2D eigenvalue weighted by molar-refractivity contribution is 0.103. The van der Waals surface area contributed by atoms with E-state index in [-0.39, 0.29) is 5.78 Å². The van der Waals surface area contributed by atoms with Gasteiger partial charge in [0.15, 0.2) is 0 Å². The smallest absolute Gasteiger partial charge is 0.209 e. The summed E-state index contributed by atoms with van der Waals surface area (Å²) in [6, 6.07) is 23.2. The predicted molar refractivity (Wildman–Crippen MR) is 113 cm³/mol. The average Bonchev–Trinajstić information content (AvgIpc) is 3.09. The molecule has 0 spiro atoms. The van der Waals surface area contributed by atoms with E-state index in [1.165, 1.54) is 0 Å². The fraction of sp³-hybridized carbons (Fsp3) is 0.0870. The van der Waals surface area contributed by atoms with Crippen molar-refractivity contribution in [1.29, 1.82) is 0 Å². The van der Waals surface area contributed by atoms with E-state index in [2.05, 4.69) is 4.98 Å². The number of hydrogen-bond acceptors (Lipinski definition) is 2. The number of rotatable bonds is 4. The van der Waals surface area contributed by atoms with E-state index in [1.54, 1.807) is 0 Å². The molecule has 1 N–H and O–H groups in total. The first-order valence-electron chi connectivity index (χ1n) is 8.74. The number of ketones is 1. The summed E-state index contributed by atoms with van der Waals surface area (Å²) < 4.78 is 0. The van der Waals surface area contributed by atoms with Gasteiger partial charge in [0, 0.05) is 41.8 Å². The van der Waals surface area contributed by atoms with Crippen molar-refractivity contribution in [2.45, 2.75) is 0 Å². The Kier molecular flexibility index (Phi) is 4.46. The molecule has 0 unspecified atom stereocenters. The fourth-order valence-corrected chi connectivity index (χ4v) is 3.59. The van der Waals surface area contributed by atoms with Crippen LogP contribution in [0, 0.1) is 0 Å². The van der Waals surface area contributed by atoms with E-state index in [0.29, 0.717) is 16.3 Å². The maximum absolute atomic E-state index is 13.3. The molecule has 0 bridgehead atoms. The minimum atomic E-state index is -0.0496. The number of aromatic amines is 1. The molecule has 0 aliphatic heterocycles. The molecule has 1 aromatic heterocycles. The number of fused-ring (bicyclic) bond motifs is 1. The lowest BCUT2D eigenvalue weighted by Gasteiger charge is -2.12. The molecule has 0 saturated heterocycles. The van der Waals surface area contributed by atoms with Crippen molar-refractivity contribution in [2.75, 3.05) is 19.0 Å². The van der Waals surface area contributed by atoms with Crippen molar-refractivity contribution < 1.29 is 4.79 Å². The van der Waals surface area contributed by atoms with Crippen LogP contribution >= 0.6 is 11.6 Å². The van der Waals surface area contributed by atoms with E-state index in [9.17, 15) is 4.79 Å². The lowest BCUT2D eigenvalue weighted by Crippen LogP contribution is -2.09. The molecular formula is C23H19ClN2O. The molecule has 27 heavy (non-hydrogen) atoms. The molecule has 4 heteroatoms. The van der Waals surface area contributed by atoms with Crippen LogP contribution in [0.25, 0.3) is 22.0 Å². The Labute approximate surface area is 163 Å². The van der Waals surface area contributed by atoms with Crippen LogP contribution in [0.5, 0.6) is 0 Å². The Bertz CT molecular complexity index is 1110. The van der Waals surface area contributed by atoms with Gasteiger partial charge in [-0.25, -0.2) is 0 Å². The van der Waals surface area contributed by atoms with E-state index in [4.69, 9.17) is 11.6 Å². The molecule has 4 aromatic rings. The van der Waals surface area contributed by atoms with Gasteiger partial charge in [-0.2, -0.15) is 0 Å². The Morgan fingerprint density at radius 1 is 0.889 bits per heavy atom. The first-order valence-corrected chi connectivity index (χ1v) is 9.12. The largest absolute Gasteiger partial charge is 0.378 e. The second kappa shape index (κ2) is 6.93. The number of carbonyl (C=O) groups excluding carboxylic acids is 1. The normalized spacial score (nSPS) is 10.9. The van der Waals surface area contributed by atoms with Crippen LogP contribution < -0.4 is 4.90 Å². The van der Waals surface area contributed by atoms with Crippen LogP contribution in [0.15, 0.2) is 72.8 Å². The topological polar surface area (TPSA) is 36.1 Å². The van der Waals surface area contributed by atoms with Crippen molar-refractivity contribution in [3.8, 4) is 11.1 Å². The third-order valence-corrected chi connectivity index (χ3v) is 5.02. The maximum Gasteiger partial charge on any atom is 0.209 e. The van der Waals surface area contributed by atoms with Gasteiger partial charge in [0.1, 0.15) is 0 Å². The highest BCUT2D eigenvalue weighted by atomic mass is 35.5. The van der Waals surface area contributed by atoms with Gasteiger partial charge in [-0.1, -0.05) is 48.0 Å². The molecule has 3 nitrogen and oxygen atoms in total. The van der Waals surface area contributed by atoms with Crippen molar-refractivity contribution in [2.24, 2.45) is 0 Å². The molecule has 0 radical (unpaired) electrons. The molecule has 0 aliphatic rings. The van der Waals surface area contributed by atoms with Gasteiger partial charge in [-0.15, -0.1) is 0 Å². The second-order valence-electron chi connectivity index (χ2n) is 6.67. The highest BCUT2D eigenvalue weighted by Crippen LogP contribution is 2.37. The number of nitrogens with zero attached hydrogens (tertiary/aromatic N) is 1. The number of nitrogens with one attached hydrogen (secondary N) is 1. The number of benzene rings is 3. The van der Waals surface area contributed by atoms with Gasteiger partial charge in [-0.05, 0) is 42.0 Å². The minimum Gasteiger partial charge on any atom is -0.378 e. The van der Waals surface area contributed by atoms with Crippen LogP contribution in [0.1, 0.15) is 16.1 Å². The van der Waals surface area contributed by atoms with Gasteiger partial charge in [-0.3, -0.25) is 4.79 Å². The Morgan fingerprint density at radius 3 is 2.26 bits per heavy atom. The Hall–Kier alpha value is -3.04. The highest BCUT2D eigenvalue weighted by Gasteiger charge is 2.21. The van der Waals surface area contributed by atoms with E-state index in [1.807, 2.05) is 91.8 Å². The number of carbonyl (C=O) groups is 1. The summed E-state index contributed by atoms with van der Waals surface area (Å²) >= 11 is 6.49. The summed E-state index contributed by atoms with van der Waals surface area (Å²) in [5, 5.41) is 1.50. The molecule has 0 fully saturated rings. The number of H-pyrrole nitrogens is 1. The predicted octanol–water partition coefficient (Wildman–Crippen LogP) is 5.79. The minimum absolute atomic E-state index is 0.0496. The molecule has 134 valence electrons. The van der Waals surface area contributed by atoms with Crippen molar-refractivity contribution >= 4 is 34.0 Å². The first-order chi connectivity index (χ1) is 13.1. The summed E-state index contributed by atoms with van der Waals surface area (Å²) in [6.45, 7) is 0. The molecule has 3 aromatic carbocycles. The molecule has 4 rings (SSSR count). The summed E-state index contributed by atoms with van der Waals surface area (Å²) in [6.07, 6.45) is 0. The summed E-state index contributed by atoms with van der Waals surface area (Å²) in [5.41, 5.74) is 4.91. The summed E-state index contributed by atoms with van der Waals surface area (Å²) in [5.74, 6) is -0.0496. The summed E-state index contributed by atoms with van der Waals surface area (Å²) in [4.78, 5) is 18.6. The van der Waals surface area contributed by atoms with E-state index < -0.39 is 0 Å². The highest BCUT2D eigenvalue weighted by molar-refractivity contribution is 6.37. The maximum atomic E-state index is 13.3. The van der Waals surface area contributed by atoms with Crippen LogP contribution in [-0.4, -0.2) is 24.9 Å². The quantitative estimate of drug-likeness (QED) is 0.459. The van der Waals surface area contributed by atoms with Gasteiger partial charge in [0.05, 0.1) is 10.7 Å². The fourth-order valence-electron chi connectivity index (χ4n) is 3.32. The Balaban J connectivity index is 1.91. The lowest BCUT2D eigenvalue weighted by atomic mass is 9.97. The van der Waals surface area contributed by atoms with Gasteiger partial charge < -0.3 is 9.88 Å². The van der Waals surface area contributed by atoms with Crippen molar-refractivity contribution in [3.63, 3.8) is 0 Å². The number of anilines is 1. The molecule has 0 atom stereocenters. The summed E-state index contributed by atoms with van der Waals surface area (Å²) in [7, 11) is 3.95. The molecule has 0 amide bonds. The molecule has 0 aliphatic carbocycles. The van der Waals surface area contributed by atoms with Crippen LogP contribution in [0.4, 0.5) is 5.69 Å². The number of halogens is 1. The van der Waals surface area contributed by atoms with Crippen LogP contribution in [-0.2, 0) is 0 Å². The zero-order chi connectivity index (χ0) is 19.0. The zero-order valence-electron chi connectivity index (χ0n) is 15.2. The van der Waals surface area contributed by atoms with Crippen molar-refractivity contribution in [1.82, 2.24) is 4.98 Å². The Morgan fingerprint density at radius 2 is 1.59 bits per heavy atom. The van der Waals surface area contributed by atoms with Crippen molar-refractivity contribution in [3.05, 3.63) is 89.1 Å². The zero-order valence-corrected chi connectivity index (χ0v) is 15.9. The van der Waals surface area contributed by atoms with E-state index >= 15 is 0 Å². The van der Waals surface area contributed by atoms with Gasteiger partial charge >= 0.3 is 0 Å². The third-order valence-electron chi connectivity index (χ3n) is 4.71. The van der Waals surface area contributed by atoms with Gasteiger partial charge in [0.2, 0.25) is 5.78 Å². The van der Waals surface area contributed by atoms with E-state index in [0.717, 1.165) is 27.7 Å². The molecule has 1 heterocycles. The molecule has 0 saturated carbocycles. The standard InChI is InChI=1S/C23H19ClN2O/c1-26(2)17-13-11-16(12-14-17)23(27)22-20(15-7-4-3-5-8-15)21-18(24)9-6-10-19(21)25-22/h3-14,25H,1-2H3.